The van der Waals surface area contributed by atoms with Crippen molar-refractivity contribution in [1.29, 1.82) is 0 Å². The molecule has 0 unspecified atom stereocenters. The third kappa shape index (κ3) is 8.66. The van der Waals surface area contributed by atoms with Gasteiger partial charge in [-0.15, -0.1) is 0 Å². The van der Waals surface area contributed by atoms with Crippen LogP contribution in [0.2, 0.25) is 0 Å². The first-order chi connectivity index (χ1) is 18.4. The molecule has 0 atom stereocenters. The Bertz CT molecular complexity index is 1290. The number of methoxy groups -OCH3 is 2. The Labute approximate surface area is 221 Å². The van der Waals surface area contributed by atoms with E-state index >= 15 is 0 Å². The van der Waals surface area contributed by atoms with E-state index in [4.69, 9.17) is 14.2 Å². The lowest BCUT2D eigenvalue weighted by Gasteiger charge is -2.10. The minimum absolute atomic E-state index is 0.140. The summed E-state index contributed by atoms with van der Waals surface area (Å²) in [6.45, 7) is 2.06. The van der Waals surface area contributed by atoms with Gasteiger partial charge in [-0.25, -0.2) is 5.43 Å². The van der Waals surface area contributed by atoms with E-state index in [9.17, 15) is 14.4 Å². The van der Waals surface area contributed by atoms with E-state index in [1.165, 1.54) is 6.21 Å². The van der Waals surface area contributed by atoms with Gasteiger partial charge in [-0.3, -0.25) is 14.4 Å². The fourth-order valence-corrected chi connectivity index (χ4v) is 3.37. The number of anilines is 1. The maximum atomic E-state index is 12.1. The van der Waals surface area contributed by atoms with Crippen LogP contribution in [0.4, 0.5) is 5.69 Å². The monoisotopic (exact) mass is 518 g/mol. The Balaban J connectivity index is 1.37. The van der Waals surface area contributed by atoms with Crippen LogP contribution in [-0.4, -0.2) is 51.3 Å². The van der Waals surface area contributed by atoms with Gasteiger partial charge in [0.15, 0.2) is 18.1 Å². The summed E-state index contributed by atoms with van der Waals surface area (Å²) in [5.41, 5.74) is 5.52. The van der Waals surface area contributed by atoms with Gasteiger partial charge in [0.2, 0.25) is 0 Å². The third-order valence-electron chi connectivity index (χ3n) is 5.28. The number of carbonyl (C=O) groups excluding carboxylic acids is 3. The van der Waals surface area contributed by atoms with Crippen LogP contribution in [-0.2, 0) is 20.8 Å². The molecule has 0 saturated carbocycles. The Hall–Kier alpha value is -4.86. The molecule has 38 heavy (non-hydrogen) atoms. The second kappa shape index (κ2) is 14.0. The molecule has 3 rings (SSSR count). The maximum Gasteiger partial charge on any atom is 0.329 e. The van der Waals surface area contributed by atoms with E-state index < -0.39 is 11.8 Å². The number of hydrogen-bond donors (Lipinski definition) is 3. The van der Waals surface area contributed by atoms with E-state index in [-0.39, 0.29) is 19.1 Å². The Morgan fingerprint density at radius 1 is 0.895 bits per heavy atom. The standard InChI is InChI=1S/C28H30N4O6/c1-19-5-4-6-22(15-19)31-26(33)18-38-23-10-7-21(8-11-23)17-30-32-28(35)27(34)29-14-13-20-9-12-24(36-2)25(16-20)37-3/h4-12,15-17H,13-14,18H2,1-3H3,(H,29,34)(H,31,33)(H,32,35)/b30-17-. The van der Waals surface area contributed by atoms with Crippen LogP contribution in [0.1, 0.15) is 16.7 Å². The largest absolute Gasteiger partial charge is 0.493 e. The number of hydrazone groups is 1. The number of nitrogens with zero attached hydrogens (tertiary/aromatic N) is 1. The molecule has 3 aromatic carbocycles. The van der Waals surface area contributed by atoms with Crippen molar-refractivity contribution in [1.82, 2.24) is 10.7 Å². The molecule has 0 bridgehead atoms. The Kier molecular flexibility index (Phi) is 10.2. The Morgan fingerprint density at radius 2 is 1.66 bits per heavy atom. The highest BCUT2D eigenvalue weighted by atomic mass is 16.5. The molecule has 0 heterocycles. The van der Waals surface area contributed by atoms with Gasteiger partial charge >= 0.3 is 11.8 Å². The summed E-state index contributed by atoms with van der Waals surface area (Å²) in [7, 11) is 3.10. The number of amides is 3. The maximum absolute atomic E-state index is 12.1. The van der Waals surface area contributed by atoms with Crippen LogP contribution in [0.15, 0.2) is 71.8 Å². The minimum Gasteiger partial charge on any atom is -0.493 e. The number of aryl methyl sites for hydroxylation is 1. The van der Waals surface area contributed by atoms with Gasteiger partial charge in [0.1, 0.15) is 5.75 Å². The topological polar surface area (TPSA) is 127 Å². The summed E-state index contributed by atoms with van der Waals surface area (Å²) in [5.74, 6) is -0.249. The van der Waals surface area contributed by atoms with Gasteiger partial charge in [-0.1, -0.05) is 18.2 Å². The third-order valence-corrected chi connectivity index (χ3v) is 5.28. The average molecular weight is 519 g/mol. The molecule has 0 aromatic heterocycles. The molecular weight excluding hydrogens is 488 g/mol. The molecule has 0 saturated heterocycles. The molecule has 0 aliphatic heterocycles. The summed E-state index contributed by atoms with van der Waals surface area (Å²) in [5, 5.41) is 9.13. The van der Waals surface area contributed by atoms with Crippen molar-refractivity contribution in [2.45, 2.75) is 13.3 Å². The molecular formula is C28H30N4O6. The molecule has 10 nitrogen and oxygen atoms in total. The SMILES string of the molecule is COc1ccc(CCNC(=O)C(=O)N/N=C\c2ccc(OCC(=O)Nc3cccc(C)c3)cc2)cc1OC. The van der Waals surface area contributed by atoms with Gasteiger partial charge in [0.05, 0.1) is 20.4 Å². The zero-order valence-electron chi connectivity index (χ0n) is 21.4. The normalized spacial score (nSPS) is 10.5. The summed E-state index contributed by atoms with van der Waals surface area (Å²) in [4.78, 5) is 36.1. The molecule has 0 aliphatic carbocycles. The first kappa shape index (κ1) is 27.7. The second-order valence-corrected chi connectivity index (χ2v) is 8.17. The number of ether oxygens (including phenoxy) is 3. The molecule has 0 aliphatic rings. The highest BCUT2D eigenvalue weighted by molar-refractivity contribution is 6.35. The summed E-state index contributed by atoms with van der Waals surface area (Å²) >= 11 is 0. The highest BCUT2D eigenvalue weighted by Gasteiger charge is 2.12. The lowest BCUT2D eigenvalue weighted by atomic mass is 10.1. The molecule has 0 spiro atoms. The fourth-order valence-electron chi connectivity index (χ4n) is 3.37. The van der Waals surface area contributed by atoms with E-state index in [0.29, 0.717) is 34.9 Å². The van der Waals surface area contributed by atoms with Crippen LogP contribution >= 0.6 is 0 Å². The van der Waals surface area contributed by atoms with Crippen molar-refractivity contribution < 1.29 is 28.6 Å². The van der Waals surface area contributed by atoms with Gasteiger partial charge in [0.25, 0.3) is 5.91 Å². The molecule has 0 fully saturated rings. The quantitative estimate of drug-likeness (QED) is 0.204. The van der Waals surface area contributed by atoms with Crippen LogP contribution < -0.4 is 30.3 Å². The van der Waals surface area contributed by atoms with Crippen LogP contribution in [0, 0.1) is 6.92 Å². The zero-order chi connectivity index (χ0) is 27.3. The fraction of sp³-hybridized carbons (Fsp3) is 0.214. The smallest absolute Gasteiger partial charge is 0.329 e. The second-order valence-electron chi connectivity index (χ2n) is 8.17. The van der Waals surface area contributed by atoms with Gasteiger partial charge in [0, 0.05) is 12.2 Å². The number of hydrogen-bond acceptors (Lipinski definition) is 7. The molecule has 0 radical (unpaired) electrons. The molecule has 3 N–H and O–H groups in total. The van der Waals surface area contributed by atoms with E-state index in [2.05, 4.69) is 21.2 Å². The van der Waals surface area contributed by atoms with E-state index in [1.54, 1.807) is 44.6 Å². The van der Waals surface area contributed by atoms with Crippen molar-refractivity contribution in [3.63, 3.8) is 0 Å². The number of rotatable bonds is 11. The number of nitrogens with one attached hydrogen (secondary N) is 3. The van der Waals surface area contributed by atoms with Crippen molar-refractivity contribution in [2.75, 3.05) is 32.7 Å². The van der Waals surface area contributed by atoms with Crippen molar-refractivity contribution >= 4 is 29.6 Å². The van der Waals surface area contributed by atoms with E-state index in [1.807, 2.05) is 43.3 Å². The summed E-state index contributed by atoms with van der Waals surface area (Å²) in [6, 6.07) is 19.7. The van der Waals surface area contributed by atoms with Crippen LogP contribution in [0.5, 0.6) is 17.2 Å². The summed E-state index contributed by atoms with van der Waals surface area (Å²) in [6.07, 6.45) is 1.90. The number of carbonyl (C=O) groups is 3. The lowest BCUT2D eigenvalue weighted by Crippen LogP contribution is -2.38. The van der Waals surface area contributed by atoms with Crippen LogP contribution in [0.25, 0.3) is 0 Å². The van der Waals surface area contributed by atoms with Crippen molar-refractivity contribution in [3.8, 4) is 17.2 Å². The predicted octanol–water partition coefficient (Wildman–Crippen LogP) is 2.84. The first-order valence-corrected chi connectivity index (χ1v) is 11.8. The van der Waals surface area contributed by atoms with Gasteiger partial charge in [-0.05, 0) is 78.6 Å². The van der Waals surface area contributed by atoms with Crippen molar-refractivity contribution in [2.24, 2.45) is 5.10 Å². The molecule has 198 valence electrons. The molecule has 10 heteroatoms. The lowest BCUT2D eigenvalue weighted by molar-refractivity contribution is -0.139. The molecule has 3 amide bonds. The molecule has 3 aromatic rings. The van der Waals surface area contributed by atoms with Crippen molar-refractivity contribution in [3.05, 3.63) is 83.4 Å². The highest BCUT2D eigenvalue weighted by Crippen LogP contribution is 2.27. The minimum atomic E-state index is -0.881. The van der Waals surface area contributed by atoms with E-state index in [0.717, 1.165) is 11.1 Å². The van der Waals surface area contributed by atoms with Gasteiger partial charge < -0.3 is 24.8 Å². The zero-order valence-corrected chi connectivity index (χ0v) is 21.4. The number of benzene rings is 3. The Morgan fingerprint density at radius 3 is 2.37 bits per heavy atom. The first-order valence-electron chi connectivity index (χ1n) is 11.8. The average Bonchev–Trinajstić information content (AvgIpc) is 2.92. The summed E-state index contributed by atoms with van der Waals surface area (Å²) < 4.78 is 16.0. The van der Waals surface area contributed by atoms with Gasteiger partial charge in [-0.2, -0.15) is 5.10 Å². The van der Waals surface area contributed by atoms with Crippen LogP contribution in [0.3, 0.4) is 0 Å². The predicted molar refractivity (Wildman–Crippen MR) is 144 cm³/mol.